The standard InChI is InChI=1S/C12H19N3O3/c1-12(2,17-3)6-7-18-10-5-4-9(8-14-10)11(13)15-16/h4-5,8,16H,6-7H2,1-3H3,(H2,13,15). The van der Waals surface area contributed by atoms with Gasteiger partial charge in [0.25, 0.3) is 0 Å². The fourth-order valence-corrected chi connectivity index (χ4v) is 1.18. The molecule has 0 aliphatic carbocycles. The molecule has 0 aliphatic heterocycles. The number of ether oxygens (including phenoxy) is 2. The third-order valence-electron chi connectivity index (χ3n) is 2.65. The van der Waals surface area contributed by atoms with Crippen molar-refractivity contribution in [3.63, 3.8) is 0 Å². The third kappa shape index (κ3) is 4.21. The minimum Gasteiger partial charge on any atom is -0.478 e. The second-order valence-electron chi connectivity index (χ2n) is 4.43. The van der Waals surface area contributed by atoms with Crippen molar-refractivity contribution in [3.05, 3.63) is 23.9 Å². The predicted octanol–water partition coefficient (Wildman–Crippen LogP) is 1.37. The van der Waals surface area contributed by atoms with Crippen LogP contribution in [0.25, 0.3) is 0 Å². The maximum Gasteiger partial charge on any atom is 0.213 e. The number of oxime groups is 1. The van der Waals surface area contributed by atoms with Gasteiger partial charge in [-0.05, 0) is 19.9 Å². The van der Waals surface area contributed by atoms with Crippen molar-refractivity contribution in [1.29, 1.82) is 0 Å². The van der Waals surface area contributed by atoms with Crippen molar-refractivity contribution in [3.8, 4) is 5.88 Å². The highest BCUT2D eigenvalue weighted by molar-refractivity contribution is 5.96. The summed E-state index contributed by atoms with van der Waals surface area (Å²) in [6.45, 7) is 4.49. The molecule has 0 fully saturated rings. The molecule has 0 aliphatic rings. The summed E-state index contributed by atoms with van der Waals surface area (Å²) >= 11 is 0. The normalized spacial score (nSPS) is 12.5. The molecule has 0 spiro atoms. The first kappa shape index (κ1) is 14.2. The van der Waals surface area contributed by atoms with Crippen molar-refractivity contribution < 1.29 is 14.7 Å². The smallest absolute Gasteiger partial charge is 0.213 e. The number of hydrogen-bond acceptors (Lipinski definition) is 5. The van der Waals surface area contributed by atoms with E-state index >= 15 is 0 Å². The molecule has 6 nitrogen and oxygen atoms in total. The summed E-state index contributed by atoms with van der Waals surface area (Å²) in [6.07, 6.45) is 2.25. The van der Waals surface area contributed by atoms with E-state index in [0.29, 0.717) is 18.1 Å². The molecule has 0 unspecified atom stereocenters. The van der Waals surface area contributed by atoms with E-state index in [-0.39, 0.29) is 11.4 Å². The van der Waals surface area contributed by atoms with Crippen LogP contribution in [0.15, 0.2) is 23.5 Å². The van der Waals surface area contributed by atoms with Crippen LogP contribution in [0.1, 0.15) is 25.8 Å². The van der Waals surface area contributed by atoms with Crippen LogP contribution in [0.5, 0.6) is 5.88 Å². The van der Waals surface area contributed by atoms with Crippen LogP contribution in [-0.2, 0) is 4.74 Å². The molecule has 0 amide bonds. The number of hydrogen-bond donors (Lipinski definition) is 2. The van der Waals surface area contributed by atoms with Gasteiger partial charge in [-0.3, -0.25) is 0 Å². The van der Waals surface area contributed by atoms with E-state index in [4.69, 9.17) is 20.4 Å². The molecule has 18 heavy (non-hydrogen) atoms. The first-order chi connectivity index (χ1) is 8.48. The van der Waals surface area contributed by atoms with E-state index in [0.717, 1.165) is 6.42 Å². The summed E-state index contributed by atoms with van der Waals surface area (Å²) in [6, 6.07) is 3.35. The lowest BCUT2D eigenvalue weighted by molar-refractivity contribution is 0.00508. The van der Waals surface area contributed by atoms with Gasteiger partial charge >= 0.3 is 0 Å². The van der Waals surface area contributed by atoms with Gasteiger partial charge in [-0.15, -0.1) is 0 Å². The Morgan fingerprint density at radius 3 is 2.72 bits per heavy atom. The summed E-state index contributed by atoms with van der Waals surface area (Å²) in [5.41, 5.74) is 5.75. The highest BCUT2D eigenvalue weighted by Crippen LogP contribution is 2.14. The molecule has 1 heterocycles. The zero-order chi connectivity index (χ0) is 13.6. The van der Waals surface area contributed by atoms with Crippen molar-refractivity contribution in [2.75, 3.05) is 13.7 Å². The van der Waals surface area contributed by atoms with Gasteiger partial charge in [0.2, 0.25) is 5.88 Å². The molecule has 3 N–H and O–H groups in total. The Morgan fingerprint density at radius 1 is 1.50 bits per heavy atom. The minimum absolute atomic E-state index is 0.0227. The molecule has 0 saturated carbocycles. The Bertz CT molecular complexity index is 402. The van der Waals surface area contributed by atoms with Gasteiger partial charge in [0.05, 0.1) is 12.2 Å². The van der Waals surface area contributed by atoms with Crippen LogP contribution in [0, 0.1) is 0 Å². The summed E-state index contributed by atoms with van der Waals surface area (Å²) in [5.74, 6) is 0.519. The summed E-state index contributed by atoms with van der Waals surface area (Å²) in [7, 11) is 1.67. The fraction of sp³-hybridized carbons (Fsp3) is 0.500. The van der Waals surface area contributed by atoms with Gasteiger partial charge in [-0.2, -0.15) is 0 Å². The molecule has 1 rings (SSSR count). The number of aromatic nitrogens is 1. The Labute approximate surface area is 106 Å². The van der Waals surface area contributed by atoms with Gasteiger partial charge in [-0.1, -0.05) is 5.16 Å². The van der Waals surface area contributed by atoms with Gasteiger partial charge in [-0.25, -0.2) is 4.98 Å². The van der Waals surface area contributed by atoms with Gasteiger partial charge < -0.3 is 20.4 Å². The molecule has 1 aromatic heterocycles. The molecule has 0 atom stereocenters. The van der Waals surface area contributed by atoms with Gasteiger partial charge in [0, 0.05) is 31.4 Å². The van der Waals surface area contributed by atoms with E-state index in [1.54, 1.807) is 19.2 Å². The molecule has 100 valence electrons. The maximum absolute atomic E-state index is 8.51. The number of amidine groups is 1. The molecular weight excluding hydrogens is 234 g/mol. The predicted molar refractivity (Wildman–Crippen MR) is 67.9 cm³/mol. The molecule has 0 saturated heterocycles. The second-order valence-corrected chi connectivity index (χ2v) is 4.43. The summed E-state index contributed by atoms with van der Waals surface area (Å²) in [4.78, 5) is 4.06. The van der Waals surface area contributed by atoms with Crippen LogP contribution in [0.2, 0.25) is 0 Å². The van der Waals surface area contributed by atoms with Crippen LogP contribution in [0.3, 0.4) is 0 Å². The van der Waals surface area contributed by atoms with E-state index in [9.17, 15) is 0 Å². The number of pyridine rings is 1. The highest BCUT2D eigenvalue weighted by Gasteiger charge is 2.16. The summed E-state index contributed by atoms with van der Waals surface area (Å²) in [5, 5.41) is 11.4. The number of methoxy groups -OCH3 is 1. The molecule has 1 aromatic rings. The van der Waals surface area contributed by atoms with Gasteiger partial charge in [0.1, 0.15) is 0 Å². The minimum atomic E-state index is -0.214. The molecule has 0 bridgehead atoms. The van der Waals surface area contributed by atoms with Crippen LogP contribution < -0.4 is 10.5 Å². The zero-order valence-electron chi connectivity index (χ0n) is 10.9. The van der Waals surface area contributed by atoms with E-state index in [1.807, 2.05) is 13.8 Å². The highest BCUT2D eigenvalue weighted by atomic mass is 16.5. The lowest BCUT2D eigenvalue weighted by Crippen LogP contribution is -2.25. The second kappa shape index (κ2) is 6.20. The lowest BCUT2D eigenvalue weighted by atomic mass is 10.1. The average Bonchev–Trinajstić information content (AvgIpc) is 2.38. The number of rotatable bonds is 6. The quantitative estimate of drug-likeness (QED) is 0.346. The largest absolute Gasteiger partial charge is 0.478 e. The Kier molecular flexibility index (Phi) is 4.91. The van der Waals surface area contributed by atoms with Crippen molar-refractivity contribution in [2.45, 2.75) is 25.9 Å². The van der Waals surface area contributed by atoms with Crippen LogP contribution in [0.4, 0.5) is 0 Å². The zero-order valence-corrected chi connectivity index (χ0v) is 10.9. The first-order valence-electron chi connectivity index (χ1n) is 5.60. The summed E-state index contributed by atoms with van der Waals surface area (Å²) < 4.78 is 10.8. The molecule has 0 aromatic carbocycles. The average molecular weight is 253 g/mol. The maximum atomic E-state index is 8.51. The van der Waals surface area contributed by atoms with E-state index in [1.165, 1.54) is 6.20 Å². The van der Waals surface area contributed by atoms with E-state index in [2.05, 4.69) is 10.1 Å². The topological polar surface area (TPSA) is 90.0 Å². The number of nitrogens with two attached hydrogens (primary N) is 1. The first-order valence-corrected chi connectivity index (χ1v) is 5.60. The Hall–Kier alpha value is -1.82. The van der Waals surface area contributed by atoms with E-state index < -0.39 is 0 Å². The molecular formula is C12H19N3O3. The van der Waals surface area contributed by atoms with Crippen LogP contribution in [-0.4, -0.2) is 35.3 Å². The van der Waals surface area contributed by atoms with Crippen molar-refractivity contribution in [1.82, 2.24) is 4.98 Å². The molecule has 0 radical (unpaired) electrons. The van der Waals surface area contributed by atoms with Gasteiger partial charge in [0.15, 0.2) is 5.84 Å². The van der Waals surface area contributed by atoms with Crippen LogP contribution >= 0.6 is 0 Å². The van der Waals surface area contributed by atoms with Crippen molar-refractivity contribution >= 4 is 5.84 Å². The molecule has 6 heteroatoms. The SMILES string of the molecule is COC(C)(C)CCOc1ccc(/C(N)=N/O)cn1. The Morgan fingerprint density at radius 2 is 2.22 bits per heavy atom. The third-order valence-corrected chi connectivity index (χ3v) is 2.65. The Balaban J connectivity index is 2.50. The fourth-order valence-electron chi connectivity index (χ4n) is 1.18. The monoisotopic (exact) mass is 253 g/mol. The lowest BCUT2D eigenvalue weighted by Gasteiger charge is -2.22. The van der Waals surface area contributed by atoms with Crippen molar-refractivity contribution in [2.24, 2.45) is 10.9 Å². The number of nitrogens with zero attached hydrogens (tertiary/aromatic N) is 2.